The summed E-state index contributed by atoms with van der Waals surface area (Å²) in [5, 5.41) is 11.7. The number of carbonyl (C=O) groups is 2. The SMILES string of the molecule is NC(CCC(=O)NC1CCCc2ccccc21)C(=O)O. The number of nitrogens with two attached hydrogens (primary N) is 1. The number of hydrogen-bond donors (Lipinski definition) is 3. The summed E-state index contributed by atoms with van der Waals surface area (Å²) in [5.41, 5.74) is 7.85. The number of nitrogens with one attached hydrogen (secondary N) is 1. The largest absolute Gasteiger partial charge is 0.480 e. The monoisotopic (exact) mass is 276 g/mol. The molecule has 2 unspecified atom stereocenters. The van der Waals surface area contributed by atoms with Gasteiger partial charge in [0, 0.05) is 6.42 Å². The van der Waals surface area contributed by atoms with Crippen molar-refractivity contribution in [2.75, 3.05) is 0 Å². The summed E-state index contributed by atoms with van der Waals surface area (Å²) >= 11 is 0. The summed E-state index contributed by atoms with van der Waals surface area (Å²) in [6.07, 6.45) is 3.33. The molecule has 1 aromatic carbocycles. The molecule has 108 valence electrons. The molecule has 2 atom stereocenters. The molecule has 0 bridgehead atoms. The zero-order chi connectivity index (χ0) is 14.5. The van der Waals surface area contributed by atoms with Crippen LogP contribution in [0.5, 0.6) is 0 Å². The van der Waals surface area contributed by atoms with Gasteiger partial charge in [0.1, 0.15) is 6.04 Å². The highest BCUT2D eigenvalue weighted by Crippen LogP contribution is 2.29. The maximum absolute atomic E-state index is 11.9. The molecule has 0 radical (unpaired) electrons. The average Bonchev–Trinajstić information content (AvgIpc) is 2.45. The Labute approximate surface area is 118 Å². The molecule has 4 N–H and O–H groups in total. The van der Waals surface area contributed by atoms with Crippen LogP contribution in [0.4, 0.5) is 0 Å². The van der Waals surface area contributed by atoms with E-state index in [1.54, 1.807) is 0 Å². The number of carboxylic acids is 1. The fourth-order valence-electron chi connectivity index (χ4n) is 2.58. The molecule has 1 amide bonds. The Balaban J connectivity index is 1.91. The van der Waals surface area contributed by atoms with Crippen LogP contribution >= 0.6 is 0 Å². The van der Waals surface area contributed by atoms with Crippen molar-refractivity contribution < 1.29 is 14.7 Å². The zero-order valence-electron chi connectivity index (χ0n) is 11.3. The molecule has 0 fully saturated rings. The van der Waals surface area contributed by atoms with E-state index in [4.69, 9.17) is 10.8 Å². The first kappa shape index (κ1) is 14.5. The van der Waals surface area contributed by atoms with Crippen LogP contribution in [0.15, 0.2) is 24.3 Å². The lowest BCUT2D eigenvalue weighted by Crippen LogP contribution is -2.34. The normalized spacial score (nSPS) is 18.9. The highest BCUT2D eigenvalue weighted by atomic mass is 16.4. The van der Waals surface area contributed by atoms with Crippen LogP contribution in [0.3, 0.4) is 0 Å². The van der Waals surface area contributed by atoms with Gasteiger partial charge in [-0.3, -0.25) is 9.59 Å². The van der Waals surface area contributed by atoms with Gasteiger partial charge in [-0.05, 0) is 36.8 Å². The topological polar surface area (TPSA) is 92.4 Å². The Morgan fingerprint density at radius 3 is 2.90 bits per heavy atom. The number of benzene rings is 1. The van der Waals surface area contributed by atoms with Crippen molar-refractivity contribution in [3.05, 3.63) is 35.4 Å². The smallest absolute Gasteiger partial charge is 0.320 e. The van der Waals surface area contributed by atoms with Gasteiger partial charge in [-0.2, -0.15) is 0 Å². The molecule has 2 rings (SSSR count). The molecule has 0 saturated carbocycles. The maximum Gasteiger partial charge on any atom is 0.320 e. The summed E-state index contributed by atoms with van der Waals surface area (Å²) in [5.74, 6) is -1.20. The van der Waals surface area contributed by atoms with E-state index < -0.39 is 12.0 Å². The Kier molecular flexibility index (Phi) is 4.74. The molecule has 1 aromatic rings. The summed E-state index contributed by atoms with van der Waals surface area (Å²) in [4.78, 5) is 22.5. The predicted molar refractivity (Wildman–Crippen MR) is 75.1 cm³/mol. The zero-order valence-corrected chi connectivity index (χ0v) is 11.3. The van der Waals surface area contributed by atoms with E-state index in [0.717, 1.165) is 19.3 Å². The van der Waals surface area contributed by atoms with Crippen LogP contribution in [0.1, 0.15) is 42.9 Å². The first-order valence-corrected chi connectivity index (χ1v) is 6.93. The first-order valence-electron chi connectivity index (χ1n) is 6.93. The molecule has 0 saturated heterocycles. The van der Waals surface area contributed by atoms with Gasteiger partial charge >= 0.3 is 5.97 Å². The standard InChI is InChI=1S/C15H20N2O3/c16-12(15(19)20)8-9-14(18)17-13-7-3-5-10-4-1-2-6-11(10)13/h1-2,4,6,12-13H,3,5,7-9,16H2,(H,17,18)(H,19,20). The van der Waals surface area contributed by atoms with E-state index >= 15 is 0 Å². The molecule has 1 aliphatic carbocycles. The fourth-order valence-corrected chi connectivity index (χ4v) is 2.58. The number of amides is 1. The van der Waals surface area contributed by atoms with Crippen LogP contribution in [-0.2, 0) is 16.0 Å². The minimum absolute atomic E-state index is 0.0357. The van der Waals surface area contributed by atoms with E-state index in [1.807, 2.05) is 18.2 Å². The molecule has 0 heterocycles. The van der Waals surface area contributed by atoms with Crippen molar-refractivity contribution >= 4 is 11.9 Å². The van der Waals surface area contributed by atoms with E-state index in [9.17, 15) is 9.59 Å². The third-order valence-electron chi connectivity index (χ3n) is 3.70. The number of carboxylic acid groups (broad SMARTS) is 1. The van der Waals surface area contributed by atoms with Gasteiger partial charge in [0.15, 0.2) is 0 Å². The number of carbonyl (C=O) groups excluding carboxylic acids is 1. The van der Waals surface area contributed by atoms with Crippen molar-refractivity contribution in [1.82, 2.24) is 5.32 Å². The van der Waals surface area contributed by atoms with Crippen LogP contribution in [0.2, 0.25) is 0 Å². The van der Waals surface area contributed by atoms with Crippen molar-refractivity contribution in [2.45, 2.75) is 44.2 Å². The fraction of sp³-hybridized carbons (Fsp3) is 0.467. The highest BCUT2D eigenvalue weighted by molar-refractivity contribution is 5.78. The Morgan fingerprint density at radius 1 is 1.40 bits per heavy atom. The van der Waals surface area contributed by atoms with E-state index in [1.165, 1.54) is 11.1 Å². The second-order valence-electron chi connectivity index (χ2n) is 5.19. The molecule has 5 heteroatoms. The van der Waals surface area contributed by atoms with E-state index in [2.05, 4.69) is 11.4 Å². The quantitative estimate of drug-likeness (QED) is 0.757. The van der Waals surface area contributed by atoms with Crippen molar-refractivity contribution in [3.63, 3.8) is 0 Å². The Morgan fingerprint density at radius 2 is 2.15 bits per heavy atom. The lowest BCUT2D eigenvalue weighted by Gasteiger charge is -2.26. The summed E-state index contributed by atoms with van der Waals surface area (Å²) in [6.45, 7) is 0. The van der Waals surface area contributed by atoms with Gasteiger partial charge in [-0.1, -0.05) is 24.3 Å². The first-order chi connectivity index (χ1) is 9.58. The minimum atomic E-state index is -1.07. The molecule has 1 aliphatic rings. The molecular formula is C15H20N2O3. The van der Waals surface area contributed by atoms with E-state index in [0.29, 0.717) is 0 Å². The molecular weight excluding hydrogens is 256 g/mol. The number of hydrogen-bond acceptors (Lipinski definition) is 3. The second-order valence-corrected chi connectivity index (χ2v) is 5.19. The summed E-state index contributed by atoms with van der Waals surface area (Å²) < 4.78 is 0. The maximum atomic E-state index is 11.9. The minimum Gasteiger partial charge on any atom is -0.480 e. The van der Waals surface area contributed by atoms with Gasteiger partial charge in [0.25, 0.3) is 0 Å². The van der Waals surface area contributed by atoms with Gasteiger partial charge in [0.05, 0.1) is 6.04 Å². The van der Waals surface area contributed by atoms with Gasteiger partial charge in [-0.25, -0.2) is 0 Å². The molecule has 20 heavy (non-hydrogen) atoms. The summed E-state index contributed by atoms with van der Waals surface area (Å²) in [7, 11) is 0. The lowest BCUT2D eigenvalue weighted by atomic mass is 9.87. The van der Waals surface area contributed by atoms with Gasteiger partial charge in [-0.15, -0.1) is 0 Å². The van der Waals surface area contributed by atoms with Crippen molar-refractivity contribution in [1.29, 1.82) is 0 Å². The highest BCUT2D eigenvalue weighted by Gasteiger charge is 2.22. The molecule has 0 aliphatic heterocycles. The lowest BCUT2D eigenvalue weighted by molar-refractivity contribution is -0.138. The third kappa shape index (κ3) is 3.57. The second kappa shape index (κ2) is 6.52. The number of rotatable bonds is 5. The number of aryl methyl sites for hydroxylation is 1. The van der Waals surface area contributed by atoms with Crippen LogP contribution in [-0.4, -0.2) is 23.0 Å². The number of fused-ring (bicyclic) bond motifs is 1. The van der Waals surface area contributed by atoms with Crippen molar-refractivity contribution in [3.8, 4) is 0 Å². The predicted octanol–water partition coefficient (Wildman–Crippen LogP) is 1.37. The van der Waals surface area contributed by atoms with Crippen LogP contribution in [0.25, 0.3) is 0 Å². The molecule has 0 aromatic heterocycles. The van der Waals surface area contributed by atoms with Crippen LogP contribution < -0.4 is 11.1 Å². The molecule has 0 spiro atoms. The number of aliphatic carboxylic acids is 1. The van der Waals surface area contributed by atoms with Gasteiger partial charge in [0.2, 0.25) is 5.91 Å². The Bertz CT molecular complexity index is 502. The van der Waals surface area contributed by atoms with Gasteiger partial charge < -0.3 is 16.2 Å². The van der Waals surface area contributed by atoms with E-state index in [-0.39, 0.29) is 24.8 Å². The van der Waals surface area contributed by atoms with Crippen molar-refractivity contribution in [2.24, 2.45) is 5.73 Å². The average molecular weight is 276 g/mol. The Hall–Kier alpha value is -1.88. The third-order valence-corrected chi connectivity index (χ3v) is 3.70. The molecule has 5 nitrogen and oxygen atoms in total. The van der Waals surface area contributed by atoms with Crippen LogP contribution in [0, 0.1) is 0 Å². The summed E-state index contributed by atoms with van der Waals surface area (Å²) in [6, 6.07) is 7.18.